The maximum absolute atomic E-state index is 14.6. The Kier molecular flexibility index (Phi) is 4.60. The molecule has 3 rings (SSSR count). The molecule has 2 heterocycles. The monoisotopic (exact) mass is 352 g/mol. The number of hydrogen-bond acceptors (Lipinski definition) is 4. The van der Waals surface area contributed by atoms with Gasteiger partial charge in [0.2, 0.25) is 0 Å². The second kappa shape index (κ2) is 6.42. The number of carbonyl (C=O) groups is 3. The van der Waals surface area contributed by atoms with Crippen LogP contribution in [0.25, 0.3) is 0 Å². The van der Waals surface area contributed by atoms with Crippen LogP contribution < -0.4 is 0 Å². The van der Waals surface area contributed by atoms with Crippen molar-refractivity contribution in [2.24, 2.45) is 5.92 Å². The molecule has 3 fully saturated rings. The normalized spacial score (nSPS) is 26.2. The third kappa shape index (κ3) is 3.70. The third-order valence-corrected chi connectivity index (χ3v) is 5.08. The fourth-order valence-electron chi connectivity index (χ4n) is 3.77. The van der Waals surface area contributed by atoms with E-state index in [4.69, 9.17) is 4.74 Å². The summed E-state index contributed by atoms with van der Waals surface area (Å²) < 4.78 is 19.9. The number of ether oxygens (including phenoxy) is 1. The molecular weight excluding hydrogens is 327 g/mol. The fraction of sp³-hybridized carbons (Fsp3) is 0.722. The predicted molar refractivity (Wildman–Crippen MR) is 88.4 cm³/mol. The van der Waals surface area contributed by atoms with Crippen LogP contribution in [0.4, 0.5) is 9.18 Å². The lowest BCUT2D eigenvalue weighted by atomic mass is 10.0. The third-order valence-electron chi connectivity index (χ3n) is 5.08. The van der Waals surface area contributed by atoms with Gasteiger partial charge in [0, 0.05) is 38.0 Å². The van der Waals surface area contributed by atoms with Crippen molar-refractivity contribution in [1.29, 1.82) is 0 Å². The molecule has 0 spiro atoms. The van der Waals surface area contributed by atoms with Crippen LogP contribution in [0.3, 0.4) is 0 Å². The molecule has 2 bridgehead atoms. The van der Waals surface area contributed by atoms with Gasteiger partial charge in [0.05, 0.1) is 0 Å². The number of piperidine rings is 2. The summed E-state index contributed by atoms with van der Waals surface area (Å²) in [6, 6.07) is -0.141. The Morgan fingerprint density at radius 1 is 1.20 bits per heavy atom. The van der Waals surface area contributed by atoms with Gasteiger partial charge in [0.15, 0.2) is 5.83 Å². The van der Waals surface area contributed by atoms with Crippen LogP contribution in [0.1, 0.15) is 46.5 Å². The highest BCUT2D eigenvalue weighted by Crippen LogP contribution is 2.36. The van der Waals surface area contributed by atoms with Crippen molar-refractivity contribution in [2.75, 3.05) is 19.6 Å². The van der Waals surface area contributed by atoms with E-state index in [9.17, 15) is 18.8 Å². The van der Waals surface area contributed by atoms with Crippen LogP contribution in [-0.4, -0.2) is 58.9 Å². The summed E-state index contributed by atoms with van der Waals surface area (Å²) in [7, 11) is 0. The number of fused-ring (bicyclic) bond motifs is 2. The van der Waals surface area contributed by atoms with E-state index >= 15 is 0 Å². The van der Waals surface area contributed by atoms with Gasteiger partial charge in [-0.15, -0.1) is 0 Å². The first-order chi connectivity index (χ1) is 11.7. The van der Waals surface area contributed by atoms with E-state index in [-0.39, 0.29) is 17.7 Å². The maximum atomic E-state index is 14.6. The van der Waals surface area contributed by atoms with E-state index in [0.717, 1.165) is 0 Å². The van der Waals surface area contributed by atoms with Crippen molar-refractivity contribution in [3.63, 3.8) is 0 Å². The lowest BCUT2D eigenvalue weighted by Gasteiger charge is -2.31. The number of likely N-dealkylation sites (tertiary alicyclic amines) is 2. The minimum atomic E-state index is -0.705. The average Bonchev–Trinajstić information content (AvgIpc) is 3.11. The molecule has 2 amide bonds. The highest BCUT2D eigenvalue weighted by atomic mass is 19.1. The van der Waals surface area contributed by atoms with Crippen LogP contribution in [0.5, 0.6) is 0 Å². The summed E-state index contributed by atoms with van der Waals surface area (Å²) in [5.41, 5.74) is -0.111. The minimum Gasteiger partial charge on any atom is -0.444 e. The zero-order chi connectivity index (χ0) is 18.4. The summed E-state index contributed by atoms with van der Waals surface area (Å²) in [6.45, 7) is 6.42. The Balaban J connectivity index is 1.59. The topological polar surface area (TPSA) is 66.9 Å². The lowest BCUT2D eigenvalue weighted by Crippen LogP contribution is -2.42. The van der Waals surface area contributed by atoms with Crippen molar-refractivity contribution in [3.8, 4) is 0 Å². The second-order valence-corrected chi connectivity index (χ2v) is 8.10. The van der Waals surface area contributed by atoms with Gasteiger partial charge in [0.25, 0.3) is 5.91 Å². The molecule has 0 N–H and O–H groups in total. The molecule has 2 atom stereocenters. The molecule has 0 aromatic rings. The summed E-state index contributed by atoms with van der Waals surface area (Å²) in [6.07, 6.45) is 1.27. The molecule has 0 unspecified atom stereocenters. The molecule has 1 aliphatic carbocycles. The van der Waals surface area contributed by atoms with Gasteiger partial charge in [0.1, 0.15) is 11.4 Å². The molecule has 1 saturated carbocycles. The first-order valence-corrected chi connectivity index (χ1v) is 8.85. The first-order valence-electron chi connectivity index (χ1n) is 8.85. The molecule has 25 heavy (non-hydrogen) atoms. The van der Waals surface area contributed by atoms with E-state index in [1.807, 2.05) is 0 Å². The summed E-state index contributed by atoms with van der Waals surface area (Å²) in [4.78, 5) is 39.1. The number of Topliss-reactive ketones (excluding diaryl/α,β-unsaturated/α-hetero) is 1. The smallest absolute Gasteiger partial charge is 0.410 e. The Hall–Kier alpha value is -1.92. The standard InChI is InChI=1S/C18H25FN2O4/c1-18(2,3)25-17(24)20-6-4-11(5-7-20)15(19)16(23)21-10-12-8-13(21)9-14(12)22/h12-13H,4-10H2,1-3H3/t12-,13-/m1/s1. The molecule has 0 radical (unpaired) electrons. The molecule has 7 heteroatoms. The minimum absolute atomic E-state index is 0.110. The number of rotatable bonds is 1. The number of carbonyl (C=O) groups excluding carboxylic acids is 3. The Labute approximate surface area is 147 Å². The number of hydrogen-bond donors (Lipinski definition) is 0. The molecular formula is C18H25FN2O4. The van der Waals surface area contributed by atoms with Crippen molar-refractivity contribution in [3.05, 3.63) is 11.4 Å². The van der Waals surface area contributed by atoms with Crippen LogP contribution in [-0.2, 0) is 14.3 Å². The molecule has 2 aliphatic heterocycles. The number of amides is 2. The van der Waals surface area contributed by atoms with Gasteiger partial charge in [-0.3, -0.25) is 9.59 Å². The Morgan fingerprint density at radius 2 is 1.84 bits per heavy atom. The van der Waals surface area contributed by atoms with Crippen molar-refractivity contribution in [1.82, 2.24) is 9.80 Å². The molecule has 0 aromatic carbocycles. The number of halogens is 1. The maximum Gasteiger partial charge on any atom is 0.410 e. The van der Waals surface area contributed by atoms with E-state index in [0.29, 0.717) is 50.9 Å². The van der Waals surface area contributed by atoms with Gasteiger partial charge in [-0.2, -0.15) is 0 Å². The molecule has 0 aromatic heterocycles. The van der Waals surface area contributed by atoms with Crippen LogP contribution in [0.15, 0.2) is 11.4 Å². The van der Waals surface area contributed by atoms with E-state index < -0.39 is 23.4 Å². The van der Waals surface area contributed by atoms with Crippen LogP contribution in [0.2, 0.25) is 0 Å². The van der Waals surface area contributed by atoms with E-state index in [1.165, 1.54) is 4.90 Å². The summed E-state index contributed by atoms with van der Waals surface area (Å²) in [5.74, 6) is -1.22. The SMILES string of the molecule is CC(C)(C)OC(=O)N1CCC(=C(F)C(=O)N2C[C@H]3C[C@@H]2CC3=O)CC1. The van der Waals surface area contributed by atoms with Gasteiger partial charge >= 0.3 is 6.09 Å². The van der Waals surface area contributed by atoms with Crippen molar-refractivity contribution < 1.29 is 23.5 Å². The van der Waals surface area contributed by atoms with E-state index in [2.05, 4.69) is 0 Å². The summed E-state index contributed by atoms with van der Waals surface area (Å²) >= 11 is 0. The van der Waals surface area contributed by atoms with Gasteiger partial charge in [-0.1, -0.05) is 0 Å². The van der Waals surface area contributed by atoms with Crippen molar-refractivity contribution >= 4 is 17.8 Å². The first kappa shape index (κ1) is 17.9. The zero-order valence-corrected chi connectivity index (χ0v) is 15.0. The number of nitrogens with zero attached hydrogens (tertiary/aromatic N) is 2. The van der Waals surface area contributed by atoms with E-state index in [1.54, 1.807) is 25.7 Å². The quantitative estimate of drug-likeness (QED) is 0.680. The predicted octanol–water partition coefficient (Wildman–Crippen LogP) is 2.43. The highest BCUT2D eigenvalue weighted by Gasteiger charge is 2.46. The molecule has 3 aliphatic rings. The van der Waals surface area contributed by atoms with Gasteiger partial charge < -0.3 is 14.5 Å². The average molecular weight is 352 g/mol. The van der Waals surface area contributed by atoms with Crippen LogP contribution in [0, 0.1) is 5.92 Å². The molecule has 138 valence electrons. The van der Waals surface area contributed by atoms with Crippen LogP contribution >= 0.6 is 0 Å². The molecule has 6 nitrogen and oxygen atoms in total. The highest BCUT2D eigenvalue weighted by molar-refractivity contribution is 5.95. The fourth-order valence-corrected chi connectivity index (χ4v) is 3.77. The van der Waals surface area contributed by atoms with Crippen molar-refractivity contribution in [2.45, 2.75) is 58.1 Å². The van der Waals surface area contributed by atoms with Gasteiger partial charge in [-0.05, 0) is 45.6 Å². The Bertz CT molecular complexity index is 627. The zero-order valence-electron chi connectivity index (χ0n) is 15.0. The summed E-state index contributed by atoms with van der Waals surface area (Å²) in [5, 5.41) is 0. The lowest BCUT2D eigenvalue weighted by molar-refractivity contribution is -0.133. The van der Waals surface area contributed by atoms with Gasteiger partial charge in [-0.25, -0.2) is 9.18 Å². The number of ketones is 1. The Morgan fingerprint density at radius 3 is 2.32 bits per heavy atom. The largest absolute Gasteiger partial charge is 0.444 e. The molecule has 2 saturated heterocycles. The second-order valence-electron chi connectivity index (χ2n) is 8.10.